The average Bonchev–Trinajstić information content (AvgIpc) is 1.86. The molecule has 4 nitrogen and oxygen atoms in total. The number of hydrogen-bond donors (Lipinski definition) is 2. The third-order valence-corrected chi connectivity index (χ3v) is 0.340. The van der Waals surface area contributed by atoms with Crippen molar-refractivity contribution in [1.29, 1.82) is 0 Å². The van der Waals surface area contributed by atoms with Gasteiger partial charge in [-0.05, 0) is 0 Å². The lowest BCUT2D eigenvalue weighted by Gasteiger charge is -1.85. The predicted octanol–water partition coefficient (Wildman–Crippen LogP) is -0.495. The van der Waals surface area contributed by atoms with Crippen molar-refractivity contribution in [3.63, 3.8) is 0 Å². The molecule has 1 rings (SSSR count). The summed E-state index contributed by atoms with van der Waals surface area (Å²) in [5.74, 6) is 1.76. The highest BCUT2D eigenvalue weighted by Gasteiger charge is 1.92. The molecule has 0 unspecified atom stereocenters. The predicted molar refractivity (Wildman–Crippen MR) is 17.8 cm³/mol. The van der Waals surface area contributed by atoms with Gasteiger partial charge in [-0.25, -0.2) is 0 Å². The van der Waals surface area contributed by atoms with Gasteiger partial charge in [0, 0.05) is 0 Å². The lowest BCUT2D eigenvalue weighted by Crippen LogP contribution is -1.97. The number of nitrogens with zero attached hydrogens (tertiary/aromatic N) is 1. The highest BCUT2D eigenvalue weighted by Crippen LogP contribution is 1.82. The van der Waals surface area contributed by atoms with Gasteiger partial charge in [0.05, 0.1) is 0 Å². The maximum atomic E-state index is 8.16. The molecular weight excluding hydrogens is 84.0 g/mol. The summed E-state index contributed by atoms with van der Waals surface area (Å²) in [6, 6.07) is 0. The zero-order valence-electron chi connectivity index (χ0n) is 2.80. The van der Waals surface area contributed by atoms with Gasteiger partial charge in [0.15, 0.2) is 0 Å². The van der Waals surface area contributed by atoms with Gasteiger partial charge in [-0.1, -0.05) is 5.10 Å². The van der Waals surface area contributed by atoms with Crippen LogP contribution in [0.1, 0.15) is 0 Å². The van der Waals surface area contributed by atoms with Crippen molar-refractivity contribution in [2.24, 2.45) is 5.10 Å². The van der Waals surface area contributed by atoms with Gasteiger partial charge in [-0.15, -0.1) is 5.59 Å². The Morgan fingerprint density at radius 2 is 2.83 bits per heavy atom. The van der Waals surface area contributed by atoms with Crippen LogP contribution in [0.5, 0.6) is 0 Å². The third kappa shape index (κ3) is 0.285. The molecule has 0 spiro atoms. The van der Waals surface area contributed by atoms with Crippen LogP contribution in [0.15, 0.2) is 11.0 Å². The normalized spacial score (nSPS) is 15.7. The third-order valence-electron chi connectivity index (χ3n) is 0.340. The molecule has 0 amide bonds. The summed E-state index contributed by atoms with van der Waals surface area (Å²) in [7, 11) is 0. The van der Waals surface area contributed by atoms with Crippen molar-refractivity contribution < 1.29 is 9.94 Å². The molecule has 32 valence electrons. The summed E-state index contributed by atoms with van der Waals surface area (Å²) in [5, 5.41) is 11.3. The van der Waals surface area contributed by atoms with Gasteiger partial charge in [0.1, 0.15) is 5.87 Å². The minimum atomic E-state index is -0.324. The minimum Gasteiger partial charge on any atom is -0.472 e. The van der Waals surface area contributed by atoms with Crippen molar-refractivity contribution in [1.82, 2.24) is 5.59 Å². The molecule has 2 N–H and O–H groups in total. The molecule has 0 aromatic heterocycles. The van der Waals surface area contributed by atoms with E-state index in [0.717, 1.165) is 0 Å². The van der Waals surface area contributed by atoms with Crippen LogP contribution in [-0.4, -0.2) is 11.0 Å². The van der Waals surface area contributed by atoms with Crippen molar-refractivity contribution in [2.45, 2.75) is 0 Å². The van der Waals surface area contributed by atoms with E-state index in [1.807, 2.05) is 5.59 Å². The number of aliphatic hydroxyl groups excluding tert-OH is 1. The monoisotopic (exact) mass is 86.0 g/mol. The summed E-state index contributed by atoms with van der Waals surface area (Å²) in [4.78, 5) is 4.10. The molecule has 1 heterocycles. The maximum absolute atomic E-state index is 8.16. The first kappa shape index (κ1) is 3.06. The van der Waals surface area contributed by atoms with E-state index in [1.165, 1.54) is 0 Å². The summed E-state index contributed by atoms with van der Waals surface area (Å²) in [6.07, 6.45) is 0. The van der Waals surface area contributed by atoms with Gasteiger partial charge < -0.3 is 9.94 Å². The second-order valence-electron chi connectivity index (χ2n) is 0.722. The first-order chi connectivity index (χ1) is 2.89. The van der Waals surface area contributed by atoms with E-state index in [4.69, 9.17) is 5.11 Å². The highest BCUT2D eigenvalue weighted by molar-refractivity contribution is 5.53. The molecule has 1 aliphatic heterocycles. The summed E-state index contributed by atoms with van der Waals surface area (Å²) >= 11 is 0. The Hall–Kier alpha value is -1.15. The Bertz CT molecular complexity index is 113. The fourth-order valence-electron chi connectivity index (χ4n) is 0.160. The summed E-state index contributed by atoms with van der Waals surface area (Å²) in [6.45, 7) is 0. The van der Waals surface area contributed by atoms with E-state index in [0.29, 0.717) is 0 Å². The first-order valence-electron chi connectivity index (χ1n) is 1.33. The molecule has 0 bridgehead atoms. The Balaban J connectivity index is 2.71. The van der Waals surface area contributed by atoms with Gasteiger partial charge in [-0.2, -0.15) is 0 Å². The zero-order chi connectivity index (χ0) is 4.41. The second-order valence-corrected chi connectivity index (χ2v) is 0.722. The number of nitrogens with one attached hydrogen (secondary N) is 1. The van der Waals surface area contributed by atoms with Crippen LogP contribution < -0.4 is 5.59 Å². The van der Waals surface area contributed by atoms with Gasteiger partial charge in [0.25, 0.3) is 0 Å². The van der Waals surface area contributed by atoms with Crippen LogP contribution >= 0.6 is 0 Å². The van der Waals surface area contributed by atoms with E-state index in [-0.39, 0.29) is 5.95 Å². The van der Waals surface area contributed by atoms with Gasteiger partial charge >= 0.3 is 5.95 Å². The number of hydrazone groups is 1. The quantitative estimate of drug-likeness (QED) is 0.418. The SMILES string of the molecule is OC1=C=NNO1. The molecule has 0 fully saturated rings. The molecule has 0 saturated heterocycles. The number of aliphatic hydroxyl groups is 1. The van der Waals surface area contributed by atoms with Gasteiger partial charge in [0.2, 0.25) is 0 Å². The topological polar surface area (TPSA) is 53.9 Å². The Morgan fingerprint density at radius 1 is 2.00 bits per heavy atom. The van der Waals surface area contributed by atoms with E-state index in [1.54, 1.807) is 0 Å². The standard InChI is InChI=1S/C2H2N2O2/c5-2-1-3-4-6-2/h4-5H. The number of rotatable bonds is 0. The molecule has 4 heteroatoms. The van der Waals surface area contributed by atoms with Crippen LogP contribution in [0.4, 0.5) is 0 Å². The molecule has 0 atom stereocenters. The molecular formula is C2H2N2O2. The van der Waals surface area contributed by atoms with Gasteiger partial charge in [-0.3, -0.25) is 0 Å². The first-order valence-corrected chi connectivity index (χ1v) is 1.33. The fraction of sp³-hybridized carbons (Fsp3) is 0. The molecule has 0 aromatic rings. The minimum absolute atomic E-state index is 0.324. The van der Waals surface area contributed by atoms with E-state index in [2.05, 4.69) is 15.8 Å². The average molecular weight is 86.0 g/mol. The van der Waals surface area contributed by atoms with Crippen molar-refractivity contribution in [3.8, 4) is 0 Å². The highest BCUT2D eigenvalue weighted by atomic mass is 16.7. The van der Waals surface area contributed by atoms with E-state index < -0.39 is 0 Å². The zero-order valence-corrected chi connectivity index (χ0v) is 2.80. The lowest BCUT2D eigenvalue weighted by atomic mass is 11.0. The van der Waals surface area contributed by atoms with E-state index in [9.17, 15) is 0 Å². The largest absolute Gasteiger partial charge is 0.472 e. The molecule has 0 aromatic carbocycles. The molecule has 6 heavy (non-hydrogen) atoms. The van der Waals surface area contributed by atoms with Crippen LogP contribution in [0.3, 0.4) is 0 Å². The van der Waals surface area contributed by atoms with Crippen LogP contribution in [0, 0.1) is 0 Å². The Kier molecular flexibility index (Phi) is 0.465. The van der Waals surface area contributed by atoms with Crippen molar-refractivity contribution in [2.75, 3.05) is 0 Å². The molecule has 0 aliphatic carbocycles. The second kappa shape index (κ2) is 0.914. The molecule has 0 radical (unpaired) electrons. The van der Waals surface area contributed by atoms with Crippen LogP contribution in [-0.2, 0) is 4.84 Å². The molecule has 0 saturated carbocycles. The fourth-order valence-corrected chi connectivity index (χ4v) is 0.160. The van der Waals surface area contributed by atoms with Crippen molar-refractivity contribution in [3.05, 3.63) is 5.95 Å². The molecule has 1 aliphatic rings. The van der Waals surface area contributed by atoms with E-state index >= 15 is 0 Å². The van der Waals surface area contributed by atoms with Crippen LogP contribution in [0.2, 0.25) is 0 Å². The Labute approximate surface area is 33.7 Å². The summed E-state index contributed by atoms with van der Waals surface area (Å²) < 4.78 is 0. The smallest absolute Gasteiger partial charge is 0.373 e. The lowest BCUT2D eigenvalue weighted by molar-refractivity contribution is 0.0416. The Morgan fingerprint density at radius 3 is 3.00 bits per heavy atom. The maximum Gasteiger partial charge on any atom is 0.373 e. The summed E-state index contributed by atoms with van der Waals surface area (Å²) in [5.41, 5.74) is 2.00. The number of hydrogen-bond acceptors (Lipinski definition) is 4. The van der Waals surface area contributed by atoms with Crippen molar-refractivity contribution >= 4 is 5.87 Å². The van der Waals surface area contributed by atoms with Crippen LogP contribution in [0.25, 0.3) is 0 Å².